The number of halogens is 2. The van der Waals surface area contributed by atoms with Crippen LogP contribution in [0.2, 0.25) is 10.2 Å². The van der Waals surface area contributed by atoms with Crippen LogP contribution in [0, 0.1) is 0 Å². The summed E-state index contributed by atoms with van der Waals surface area (Å²) >= 11 is 15.5. The van der Waals surface area contributed by atoms with E-state index in [0.717, 1.165) is 0 Å². The van der Waals surface area contributed by atoms with Crippen molar-refractivity contribution in [1.29, 1.82) is 0 Å². The zero-order valence-corrected chi connectivity index (χ0v) is 8.45. The molecule has 6 heteroatoms. The number of aromatic nitrogens is 1. The molecule has 0 aliphatic rings. The fourth-order valence-electron chi connectivity index (χ4n) is 0.674. The molecule has 1 heterocycles. The number of thiocarbonyl (C=S) groups is 1. The molecule has 0 spiro atoms. The van der Waals surface area contributed by atoms with Gasteiger partial charge in [0, 0.05) is 6.20 Å². The van der Waals surface area contributed by atoms with Crippen molar-refractivity contribution < 1.29 is 4.79 Å². The van der Waals surface area contributed by atoms with Gasteiger partial charge in [-0.05, 0) is 18.3 Å². The van der Waals surface area contributed by atoms with Crippen LogP contribution in [0.4, 0.5) is 0 Å². The molecule has 1 aromatic rings. The molecule has 3 nitrogen and oxygen atoms in total. The van der Waals surface area contributed by atoms with Crippen molar-refractivity contribution in [3.8, 4) is 0 Å². The molecule has 0 radical (unpaired) electrons. The number of isothiocyanates is 1. The third kappa shape index (κ3) is 2.57. The number of hydrogen-bond acceptors (Lipinski definition) is 3. The molecule has 0 aromatic carbocycles. The van der Waals surface area contributed by atoms with E-state index in [1.165, 1.54) is 12.3 Å². The Kier molecular flexibility index (Phi) is 3.51. The van der Waals surface area contributed by atoms with E-state index in [1.807, 2.05) is 5.16 Å². The van der Waals surface area contributed by atoms with Crippen molar-refractivity contribution in [2.75, 3.05) is 0 Å². The predicted molar refractivity (Wildman–Crippen MR) is 53.6 cm³/mol. The van der Waals surface area contributed by atoms with Crippen molar-refractivity contribution in [1.82, 2.24) is 4.98 Å². The third-order valence-electron chi connectivity index (χ3n) is 1.18. The van der Waals surface area contributed by atoms with E-state index in [4.69, 9.17) is 23.2 Å². The van der Waals surface area contributed by atoms with Crippen LogP contribution >= 0.6 is 35.4 Å². The lowest BCUT2D eigenvalue weighted by Crippen LogP contribution is -1.96. The maximum absolute atomic E-state index is 11.1. The number of aliphatic imine (C=N–C) groups is 1. The van der Waals surface area contributed by atoms with Gasteiger partial charge in [-0.3, -0.25) is 4.79 Å². The minimum absolute atomic E-state index is 0.0448. The third-order valence-corrected chi connectivity index (χ3v) is 1.78. The van der Waals surface area contributed by atoms with Gasteiger partial charge in [0.05, 0.1) is 15.7 Å². The lowest BCUT2D eigenvalue weighted by molar-refractivity contribution is 0.100. The molecule has 1 aromatic heterocycles. The van der Waals surface area contributed by atoms with Gasteiger partial charge in [-0.15, -0.1) is 0 Å². The smallest absolute Gasteiger partial charge is 0.266 e. The monoisotopic (exact) mass is 232 g/mol. The summed E-state index contributed by atoms with van der Waals surface area (Å²) in [7, 11) is 0. The molecule has 0 atom stereocenters. The van der Waals surface area contributed by atoms with Crippen molar-refractivity contribution in [2.45, 2.75) is 0 Å². The Bertz CT molecular complexity index is 401. The zero-order valence-electron chi connectivity index (χ0n) is 6.12. The number of carbonyl (C=O) groups is 1. The largest absolute Gasteiger partial charge is 0.289 e. The van der Waals surface area contributed by atoms with Gasteiger partial charge in [-0.25, -0.2) is 4.98 Å². The minimum Gasteiger partial charge on any atom is -0.266 e. The van der Waals surface area contributed by atoms with Crippen molar-refractivity contribution in [3.63, 3.8) is 0 Å². The first-order chi connectivity index (χ1) is 6.15. The number of hydrogen-bond donors (Lipinski definition) is 0. The Morgan fingerprint density at radius 2 is 2.31 bits per heavy atom. The van der Waals surface area contributed by atoms with Crippen LogP contribution in [0.3, 0.4) is 0 Å². The molecule has 0 unspecified atom stereocenters. The van der Waals surface area contributed by atoms with E-state index < -0.39 is 5.91 Å². The van der Waals surface area contributed by atoms with E-state index in [9.17, 15) is 4.79 Å². The summed E-state index contributed by atoms with van der Waals surface area (Å²) in [6.07, 6.45) is 1.34. The molecule has 1 rings (SSSR count). The average molecular weight is 233 g/mol. The molecule has 0 saturated carbocycles. The highest BCUT2D eigenvalue weighted by Crippen LogP contribution is 2.18. The van der Waals surface area contributed by atoms with E-state index in [-0.39, 0.29) is 10.7 Å². The summed E-state index contributed by atoms with van der Waals surface area (Å²) in [5.74, 6) is -0.602. The fourth-order valence-corrected chi connectivity index (χ4v) is 1.10. The topological polar surface area (TPSA) is 42.3 Å². The summed E-state index contributed by atoms with van der Waals surface area (Å²) in [6, 6.07) is 1.37. The lowest BCUT2D eigenvalue weighted by atomic mass is 10.3. The number of rotatable bonds is 1. The van der Waals surface area contributed by atoms with E-state index >= 15 is 0 Å². The Morgan fingerprint density at radius 3 is 2.92 bits per heavy atom. The highest BCUT2D eigenvalue weighted by atomic mass is 35.5. The molecule has 1 amide bonds. The van der Waals surface area contributed by atoms with Crippen LogP contribution in [0.25, 0.3) is 0 Å². The highest BCUT2D eigenvalue weighted by Gasteiger charge is 2.10. The molecule has 66 valence electrons. The number of nitrogens with zero attached hydrogens (tertiary/aromatic N) is 2. The van der Waals surface area contributed by atoms with Crippen molar-refractivity contribution in [3.05, 3.63) is 28.0 Å². The SMILES string of the molecule is O=C(N=C=S)c1cc(Cl)cnc1Cl. The first kappa shape index (κ1) is 10.3. The fraction of sp³-hybridized carbons (Fsp3) is 0. The Morgan fingerprint density at radius 1 is 1.62 bits per heavy atom. The van der Waals surface area contributed by atoms with Gasteiger partial charge in [0.15, 0.2) is 0 Å². The van der Waals surface area contributed by atoms with Gasteiger partial charge in [-0.2, -0.15) is 4.99 Å². The average Bonchev–Trinajstić information content (AvgIpc) is 2.09. The lowest BCUT2D eigenvalue weighted by Gasteiger charge is -1.96. The van der Waals surface area contributed by atoms with E-state index in [0.29, 0.717) is 5.02 Å². The quantitative estimate of drug-likeness (QED) is 0.425. The molecule has 0 fully saturated rings. The summed E-state index contributed by atoms with van der Waals surface area (Å²) < 4.78 is 0. The zero-order chi connectivity index (χ0) is 9.84. The molecule has 13 heavy (non-hydrogen) atoms. The molecule has 0 bridgehead atoms. The van der Waals surface area contributed by atoms with Crippen LogP contribution in [-0.2, 0) is 0 Å². The highest BCUT2D eigenvalue weighted by molar-refractivity contribution is 7.78. The van der Waals surface area contributed by atoms with Crippen molar-refractivity contribution >= 4 is 46.5 Å². The predicted octanol–water partition coefficient (Wildman–Crippen LogP) is 2.63. The maximum Gasteiger partial charge on any atom is 0.289 e. The number of carbonyl (C=O) groups excluding carboxylic acids is 1. The van der Waals surface area contributed by atoms with Gasteiger partial charge in [0.2, 0.25) is 0 Å². The Hall–Kier alpha value is -0.800. The van der Waals surface area contributed by atoms with Gasteiger partial charge >= 0.3 is 0 Å². The summed E-state index contributed by atoms with van der Waals surface area (Å²) in [5.41, 5.74) is 0.117. The second-order valence-corrected chi connectivity index (χ2v) is 2.98. The van der Waals surface area contributed by atoms with Crippen LogP contribution in [-0.4, -0.2) is 16.1 Å². The van der Waals surface area contributed by atoms with Crippen LogP contribution < -0.4 is 0 Å². The molecular formula is C7H2Cl2N2OS. The second kappa shape index (κ2) is 4.44. The van der Waals surface area contributed by atoms with Crippen molar-refractivity contribution in [2.24, 2.45) is 4.99 Å². The molecular weight excluding hydrogens is 231 g/mol. The number of pyridine rings is 1. The standard InChI is InChI=1S/C7H2Cl2N2OS/c8-4-1-5(6(9)10-2-4)7(12)11-3-13/h1-2H. The first-order valence-electron chi connectivity index (χ1n) is 3.08. The van der Waals surface area contributed by atoms with Gasteiger partial charge in [0.1, 0.15) is 5.15 Å². The molecule has 0 saturated heterocycles. The first-order valence-corrected chi connectivity index (χ1v) is 4.25. The normalized spacial score (nSPS) is 9.08. The van der Waals surface area contributed by atoms with Gasteiger partial charge < -0.3 is 0 Å². The maximum atomic E-state index is 11.1. The van der Waals surface area contributed by atoms with Crippen LogP contribution in [0.15, 0.2) is 17.3 Å². The second-order valence-electron chi connectivity index (χ2n) is 2.00. The van der Waals surface area contributed by atoms with E-state index in [2.05, 4.69) is 22.2 Å². The molecule has 0 N–H and O–H groups in total. The Balaban J connectivity index is 3.20. The van der Waals surface area contributed by atoms with Crippen LogP contribution in [0.1, 0.15) is 10.4 Å². The molecule has 0 aliphatic carbocycles. The van der Waals surface area contributed by atoms with Gasteiger partial charge in [-0.1, -0.05) is 23.2 Å². The molecule has 0 aliphatic heterocycles. The number of amides is 1. The van der Waals surface area contributed by atoms with E-state index in [1.54, 1.807) is 0 Å². The summed E-state index contributed by atoms with van der Waals surface area (Å²) in [4.78, 5) is 18.1. The summed E-state index contributed by atoms with van der Waals surface area (Å²) in [5, 5.41) is 2.30. The summed E-state index contributed by atoms with van der Waals surface area (Å²) in [6.45, 7) is 0. The van der Waals surface area contributed by atoms with Crippen LogP contribution in [0.5, 0.6) is 0 Å². The van der Waals surface area contributed by atoms with Gasteiger partial charge in [0.25, 0.3) is 5.91 Å². The Labute approximate surface area is 89.4 Å². The minimum atomic E-state index is -0.602.